The quantitative estimate of drug-likeness (QED) is 0.552. The fourth-order valence-corrected chi connectivity index (χ4v) is 2.81. The zero-order chi connectivity index (χ0) is 17.5. The standard InChI is InChI=1S/C20H23N3O2/c1-25-17-6-4-5-16(13-17)23-20(24)10-12-21-11-9-15-14-22-19-8-3-2-7-18(15)19/h2-8,13-14,21-22H,9-12H2,1H3,(H,23,24). The number of aromatic nitrogens is 1. The molecule has 0 aliphatic carbocycles. The molecule has 0 spiro atoms. The Kier molecular flexibility index (Phi) is 5.69. The van der Waals surface area contributed by atoms with Gasteiger partial charge in [-0.3, -0.25) is 4.79 Å². The Bertz CT molecular complexity index is 842. The number of aromatic amines is 1. The van der Waals surface area contributed by atoms with E-state index in [0.29, 0.717) is 13.0 Å². The van der Waals surface area contributed by atoms with E-state index in [0.717, 1.165) is 29.9 Å². The molecule has 0 saturated carbocycles. The van der Waals surface area contributed by atoms with Crippen molar-refractivity contribution in [2.45, 2.75) is 12.8 Å². The number of benzene rings is 2. The zero-order valence-corrected chi connectivity index (χ0v) is 14.3. The number of amides is 1. The van der Waals surface area contributed by atoms with E-state index in [9.17, 15) is 4.79 Å². The maximum Gasteiger partial charge on any atom is 0.225 e. The summed E-state index contributed by atoms with van der Waals surface area (Å²) in [4.78, 5) is 15.3. The number of rotatable bonds is 8. The predicted octanol–water partition coefficient (Wildman–Crippen LogP) is 3.34. The van der Waals surface area contributed by atoms with Gasteiger partial charge in [0.2, 0.25) is 5.91 Å². The summed E-state index contributed by atoms with van der Waals surface area (Å²) in [5.41, 5.74) is 3.21. The lowest BCUT2D eigenvalue weighted by Crippen LogP contribution is -2.23. The van der Waals surface area contributed by atoms with Crippen molar-refractivity contribution in [3.8, 4) is 5.75 Å². The van der Waals surface area contributed by atoms with E-state index in [1.54, 1.807) is 7.11 Å². The van der Waals surface area contributed by atoms with Crippen LogP contribution in [-0.2, 0) is 11.2 Å². The molecular weight excluding hydrogens is 314 g/mol. The molecule has 5 heteroatoms. The van der Waals surface area contributed by atoms with E-state index in [1.165, 1.54) is 10.9 Å². The van der Waals surface area contributed by atoms with E-state index >= 15 is 0 Å². The second-order valence-electron chi connectivity index (χ2n) is 5.89. The number of hydrogen-bond acceptors (Lipinski definition) is 3. The maximum atomic E-state index is 12.0. The Morgan fingerprint density at radius 1 is 1.12 bits per heavy atom. The Morgan fingerprint density at radius 2 is 2.00 bits per heavy atom. The van der Waals surface area contributed by atoms with Gasteiger partial charge in [-0.15, -0.1) is 0 Å². The van der Waals surface area contributed by atoms with Crippen molar-refractivity contribution in [2.24, 2.45) is 0 Å². The zero-order valence-electron chi connectivity index (χ0n) is 14.3. The maximum absolute atomic E-state index is 12.0. The number of ether oxygens (including phenoxy) is 1. The molecule has 0 aliphatic rings. The molecule has 5 nitrogen and oxygen atoms in total. The third kappa shape index (κ3) is 4.61. The first-order chi connectivity index (χ1) is 12.3. The molecule has 0 unspecified atom stereocenters. The summed E-state index contributed by atoms with van der Waals surface area (Å²) < 4.78 is 5.15. The topological polar surface area (TPSA) is 66.2 Å². The molecule has 0 fully saturated rings. The molecule has 0 saturated heterocycles. The second kappa shape index (κ2) is 8.35. The van der Waals surface area contributed by atoms with Crippen molar-refractivity contribution in [1.82, 2.24) is 10.3 Å². The van der Waals surface area contributed by atoms with E-state index in [4.69, 9.17) is 4.74 Å². The molecule has 2 aromatic carbocycles. The summed E-state index contributed by atoms with van der Waals surface area (Å²) in [5.74, 6) is 0.725. The number of methoxy groups -OCH3 is 1. The molecule has 0 aliphatic heterocycles. The Labute approximate surface area is 147 Å². The van der Waals surface area contributed by atoms with E-state index < -0.39 is 0 Å². The number of anilines is 1. The van der Waals surface area contributed by atoms with Crippen LogP contribution in [-0.4, -0.2) is 31.1 Å². The summed E-state index contributed by atoms with van der Waals surface area (Å²) in [6.45, 7) is 1.49. The molecule has 25 heavy (non-hydrogen) atoms. The number of carbonyl (C=O) groups is 1. The number of H-pyrrole nitrogens is 1. The Morgan fingerprint density at radius 3 is 2.88 bits per heavy atom. The largest absolute Gasteiger partial charge is 0.497 e. The van der Waals surface area contributed by atoms with Crippen LogP contribution in [0.25, 0.3) is 10.9 Å². The summed E-state index contributed by atoms with van der Waals surface area (Å²) in [7, 11) is 1.61. The number of hydrogen-bond donors (Lipinski definition) is 3. The van der Waals surface area contributed by atoms with Gasteiger partial charge < -0.3 is 20.4 Å². The van der Waals surface area contributed by atoms with Gasteiger partial charge in [0.15, 0.2) is 0 Å². The van der Waals surface area contributed by atoms with Gasteiger partial charge in [-0.05, 0) is 36.7 Å². The highest BCUT2D eigenvalue weighted by Crippen LogP contribution is 2.18. The Balaban J connectivity index is 1.38. The minimum absolute atomic E-state index is 0.00662. The molecule has 1 amide bonds. The first-order valence-corrected chi connectivity index (χ1v) is 8.46. The van der Waals surface area contributed by atoms with Gasteiger partial charge in [-0.25, -0.2) is 0 Å². The van der Waals surface area contributed by atoms with Crippen LogP contribution in [0.2, 0.25) is 0 Å². The molecule has 0 bridgehead atoms. The monoisotopic (exact) mass is 337 g/mol. The van der Waals surface area contributed by atoms with Crippen LogP contribution in [0.4, 0.5) is 5.69 Å². The molecule has 3 aromatic rings. The molecule has 130 valence electrons. The lowest BCUT2D eigenvalue weighted by Gasteiger charge is -2.08. The van der Waals surface area contributed by atoms with Crippen molar-refractivity contribution >= 4 is 22.5 Å². The van der Waals surface area contributed by atoms with Crippen LogP contribution in [0.5, 0.6) is 5.75 Å². The second-order valence-corrected chi connectivity index (χ2v) is 5.89. The van der Waals surface area contributed by atoms with E-state index in [2.05, 4.69) is 40.0 Å². The first-order valence-electron chi connectivity index (χ1n) is 8.46. The van der Waals surface area contributed by atoms with Crippen LogP contribution >= 0.6 is 0 Å². The van der Waals surface area contributed by atoms with Crippen molar-refractivity contribution in [3.63, 3.8) is 0 Å². The molecule has 0 radical (unpaired) electrons. The highest BCUT2D eigenvalue weighted by atomic mass is 16.5. The molecule has 1 aromatic heterocycles. The summed E-state index contributed by atoms with van der Waals surface area (Å²) >= 11 is 0. The summed E-state index contributed by atoms with van der Waals surface area (Å²) in [6, 6.07) is 15.7. The van der Waals surface area contributed by atoms with E-state index in [-0.39, 0.29) is 5.91 Å². The average molecular weight is 337 g/mol. The van der Waals surface area contributed by atoms with Crippen molar-refractivity contribution in [3.05, 3.63) is 60.3 Å². The highest BCUT2D eigenvalue weighted by molar-refractivity contribution is 5.91. The molecular formula is C20H23N3O2. The number of nitrogens with one attached hydrogen (secondary N) is 3. The third-order valence-corrected chi connectivity index (χ3v) is 4.13. The van der Waals surface area contributed by atoms with Gasteiger partial charge in [0.05, 0.1) is 7.11 Å². The smallest absolute Gasteiger partial charge is 0.225 e. The number of carbonyl (C=O) groups excluding carboxylic acids is 1. The summed E-state index contributed by atoms with van der Waals surface area (Å²) in [6.07, 6.45) is 3.43. The molecule has 1 heterocycles. The minimum Gasteiger partial charge on any atom is -0.497 e. The molecule has 3 rings (SSSR count). The normalized spacial score (nSPS) is 10.8. The predicted molar refractivity (Wildman–Crippen MR) is 101 cm³/mol. The fourth-order valence-electron chi connectivity index (χ4n) is 2.81. The highest BCUT2D eigenvalue weighted by Gasteiger charge is 2.04. The Hall–Kier alpha value is -2.79. The summed E-state index contributed by atoms with van der Waals surface area (Å²) in [5, 5.41) is 7.47. The van der Waals surface area contributed by atoms with Gasteiger partial charge in [0.25, 0.3) is 0 Å². The number of para-hydroxylation sites is 1. The van der Waals surface area contributed by atoms with Gasteiger partial charge in [0.1, 0.15) is 5.75 Å². The lowest BCUT2D eigenvalue weighted by atomic mass is 10.1. The van der Waals surface area contributed by atoms with Crippen LogP contribution in [0.3, 0.4) is 0 Å². The molecule has 3 N–H and O–H groups in total. The van der Waals surface area contributed by atoms with Crippen LogP contribution in [0, 0.1) is 0 Å². The molecule has 0 atom stereocenters. The van der Waals surface area contributed by atoms with Gasteiger partial charge in [-0.1, -0.05) is 24.3 Å². The van der Waals surface area contributed by atoms with Gasteiger partial charge >= 0.3 is 0 Å². The van der Waals surface area contributed by atoms with Gasteiger partial charge in [-0.2, -0.15) is 0 Å². The van der Waals surface area contributed by atoms with Crippen LogP contribution < -0.4 is 15.4 Å². The first kappa shape index (κ1) is 17.0. The van der Waals surface area contributed by atoms with Gasteiger partial charge in [0, 0.05) is 41.8 Å². The van der Waals surface area contributed by atoms with Crippen molar-refractivity contribution in [1.29, 1.82) is 0 Å². The SMILES string of the molecule is COc1cccc(NC(=O)CCNCCc2c[nH]c3ccccc23)c1. The third-order valence-electron chi connectivity index (χ3n) is 4.13. The fraction of sp³-hybridized carbons (Fsp3) is 0.250. The lowest BCUT2D eigenvalue weighted by molar-refractivity contribution is -0.116. The van der Waals surface area contributed by atoms with E-state index in [1.807, 2.05) is 30.3 Å². The van der Waals surface area contributed by atoms with Crippen molar-refractivity contribution in [2.75, 3.05) is 25.5 Å². The van der Waals surface area contributed by atoms with Crippen LogP contribution in [0.1, 0.15) is 12.0 Å². The van der Waals surface area contributed by atoms with Crippen molar-refractivity contribution < 1.29 is 9.53 Å². The number of fused-ring (bicyclic) bond motifs is 1. The average Bonchev–Trinajstić information content (AvgIpc) is 3.05. The van der Waals surface area contributed by atoms with Crippen LogP contribution in [0.15, 0.2) is 54.7 Å². The minimum atomic E-state index is -0.00662.